The van der Waals surface area contributed by atoms with Crippen LogP contribution in [-0.4, -0.2) is 17.5 Å². The quantitative estimate of drug-likeness (QED) is 0.406. The van der Waals surface area contributed by atoms with E-state index in [1.54, 1.807) is 6.08 Å². The largest absolute Gasteiger partial charge is 0.507 e. The second-order valence-electron chi connectivity index (χ2n) is 6.08. The number of hydrogen-bond donors (Lipinski definition) is 1. The van der Waals surface area contributed by atoms with Crippen molar-refractivity contribution < 1.29 is 19.1 Å². The summed E-state index contributed by atoms with van der Waals surface area (Å²) in [6.07, 6.45) is 7.43. The Hall–Kier alpha value is -2.82. The number of carbonyl (C=O) groups is 1. The van der Waals surface area contributed by atoms with Crippen LogP contribution in [0.1, 0.15) is 54.3 Å². The zero-order valence-corrected chi connectivity index (χ0v) is 15.2. The summed E-state index contributed by atoms with van der Waals surface area (Å²) in [6, 6.07) is 8.56. The van der Waals surface area contributed by atoms with Crippen molar-refractivity contribution in [2.75, 3.05) is 6.61 Å². The van der Waals surface area contributed by atoms with Crippen LogP contribution in [0.5, 0.6) is 11.5 Å². The van der Waals surface area contributed by atoms with Gasteiger partial charge in [0.2, 0.25) is 0 Å². The summed E-state index contributed by atoms with van der Waals surface area (Å²) in [7, 11) is 0. The van der Waals surface area contributed by atoms with Crippen molar-refractivity contribution in [2.45, 2.75) is 39.5 Å². The molecule has 0 fully saturated rings. The highest BCUT2D eigenvalue weighted by atomic mass is 16.5. The minimum absolute atomic E-state index is 0.248. The van der Waals surface area contributed by atoms with Gasteiger partial charge < -0.3 is 14.3 Å². The fourth-order valence-electron chi connectivity index (χ4n) is 2.47. The minimum atomic E-state index is -0.844. The van der Waals surface area contributed by atoms with Gasteiger partial charge in [0, 0.05) is 6.07 Å². The lowest BCUT2D eigenvalue weighted by Crippen LogP contribution is -2.12. The molecule has 0 spiro atoms. The fraction of sp³-hybridized carbons (Fsp3) is 0.333. The van der Waals surface area contributed by atoms with Crippen LogP contribution in [0.4, 0.5) is 0 Å². The Balaban J connectivity index is 1.96. The van der Waals surface area contributed by atoms with Gasteiger partial charge in [-0.25, -0.2) is 4.79 Å². The molecule has 5 heteroatoms. The maximum Gasteiger partial charge on any atom is 0.351 e. The minimum Gasteiger partial charge on any atom is -0.507 e. The lowest BCUT2D eigenvalue weighted by Gasteiger charge is -2.06. The fourth-order valence-corrected chi connectivity index (χ4v) is 2.47. The molecule has 0 aliphatic carbocycles. The van der Waals surface area contributed by atoms with Gasteiger partial charge in [-0.1, -0.05) is 44.4 Å². The van der Waals surface area contributed by atoms with E-state index in [0.29, 0.717) is 6.61 Å². The van der Waals surface area contributed by atoms with Crippen molar-refractivity contribution in [2.24, 2.45) is 0 Å². The average Bonchev–Trinajstić information content (AvgIpc) is 2.60. The molecule has 5 nitrogen and oxygen atoms in total. The van der Waals surface area contributed by atoms with Crippen molar-refractivity contribution in [3.8, 4) is 11.5 Å². The number of ketones is 1. The molecule has 0 bridgehead atoms. The maximum absolute atomic E-state index is 12.1. The normalized spacial score (nSPS) is 11.0. The molecule has 0 aliphatic rings. The SMILES string of the molecule is CCCCCCOc1ccc(/C=C/C(=O)c2c(O)cc(C)oc2=O)cc1. The second-order valence-corrected chi connectivity index (χ2v) is 6.08. The van der Waals surface area contributed by atoms with Gasteiger partial charge in [-0.2, -0.15) is 0 Å². The molecule has 1 aromatic heterocycles. The van der Waals surface area contributed by atoms with Gasteiger partial charge >= 0.3 is 5.63 Å². The Morgan fingerprint density at radius 3 is 2.58 bits per heavy atom. The maximum atomic E-state index is 12.1. The highest BCUT2D eigenvalue weighted by molar-refractivity contribution is 6.08. The number of carbonyl (C=O) groups excluding carboxylic acids is 1. The van der Waals surface area contributed by atoms with Gasteiger partial charge in [0.1, 0.15) is 22.8 Å². The van der Waals surface area contributed by atoms with Crippen molar-refractivity contribution in [1.29, 1.82) is 0 Å². The third-order valence-corrected chi connectivity index (χ3v) is 3.87. The Morgan fingerprint density at radius 1 is 1.19 bits per heavy atom. The third kappa shape index (κ3) is 5.62. The molecule has 138 valence electrons. The Labute approximate surface area is 152 Å². The van der Waals surface area contributed by atoms with Crippen molar-refractivity contribution in [1.82, 2.24) is 0 Å². The molecule has 2 aromatic rings. The van der Waals surface area contributed by atoms with E-state index in [2.05, 4.69) is 6.92 Å². The van der Waals surface area contributed by atoms with E-state index in [4.69, 9.17) is 9.15 Å². The average molecular weight is 356 g/mol. The summed E-state index contributed by atoms with van der Waals surface area (Å²) < 4.78 is 10.5. The van der Waals surface area contributed by atoms with Crippen LogP contribution in [0.3, 0.4) is 0 Å². The van der Waals surface area contributed by atoms with Gasteiger partial charge in [0.25, 0.3) is 0 Å². The summed E-state index contributed by atoms with van der Waals surface area (Å²) in [4.78, 5) is 23.9. The number of ether oxygens (including phenoxy) is 1. The molecular formula is C21H24O5. The summed E-state index contributed by atoms with van der Waals surface area (Å²) in [6.45, 7) is 4.39. The number of allylic oxidation sites excluding steroid dienone is 1. The van der Waals surface area contributed by atoms with Crippen molar-refractivity contribution in [3.63, 3.8) is 0 Å². The third-order valence-electron chi connectivity index (χ3n) is 3.87. The molecule has 0 unspecified atom stereocenters. The molecule has 26 heavy (non-hydrogen) atoms. The molecule has 0 saturated carbocycles. The van der Waals surface area contributed by atoms with E-state index in [1.165, 1.54) is 38.3 Å². The number of unbranched alkanes of at least 4 members (excludes halogenated alkanes) is 3. The van der Waals surface area contributed by atoms with E-state index < -0.39 is 11.4 Å². The smallest absolute Gasteiger partial charge is 0.351 e. The lowest BCUT2D eigenvalue weighted by molar-refractivity contribution is 0.104. The van der Waals surface area contributed by atoms with Crippen LogP contribution >= 0.6 is 0 Å². The number of rotatable bonds is 9. The molecule has 0 radical (unpaired) electrons. The first-order valence-electron chi connectivity index (χ1n) is 8.80. The predicted octanol–water partition coefficient (Wildman–Crippen LogP) is 4.51. The highest BCUT2D eigenvalue weighted by Crippen LogP contribution is 2.17. The first kappa shape index (κ1) is 19.5. The van der Waals surface area contributed by atoms with Gasteiger partial charge in [-0.15, -0.1) is 0 Å². The van der Waals surface area contributed by atoms with Crippen LogP contribution in [0.25, 0.3) is 6.08 Å². The molecular weight excluding hydrogens is 332 g/mol. The number of aromatic hydroxyl groups is 1. The summed E-state index contributed by atoms with van der Waals surface area (Å²) in [5, 5.41) is 9.78. The lowest BCUT2D eigenvalue weighted by atomic mass is 10.1. The molecule has 1 N–H and O–H groups in total. The number of aryl methyl sites for hydroxylation is 1. The molecule has 1 aromatic carbocycles. The first-order valence-corrected chi connectivity index (χ1v) is 8.80. The van der Waals surface area contributed by atoms with Crippen LogP contribution in [0.15, 0.2) is 45.6 Å². The molecule has 0 atom stereocenters. The monoisotopic (exact) mass is 356 g/mol. The zero-order valence-electron chi connectivity index (χ0n) is 15.2. The molecule has 1 heterocycles. The summed E-state index contributed by atoms with van der Waals surface area (Å²) in [5.74, 6) is 0.0489. The Morgan fingerprint density at radius 2 is 1.92 bits per heavy atom. The Kier molecular flexibility index (Phi) is 7.21. The van der Waals surface area contributed by atoms with Crippen molar-refractivity contribution >= 4 is 11.9 Å². The topological polar surface area (TPSA) is 76.7 Å². The van der Waals surface area contributed by atoms with Gasteiger partial charge in [-0.05, 0) is 37.1 Å². The van der Waals surface area contributed by atoms with Crippen LogP contribution in [0, 0.1) is 6.92 Å². The predicted molar refractivity (Wildman–Crippen MR) is 101 cm³/mol. The molecule has 0 amide bonds. The van der Waals surface area contributed by atoms with E-state index in [1.807, 2.05) is 24.3 Å². The van der Waals surface area contributed by atoms with E-state index in [9.17, 15) is 14.7 Å². The van der Waals surface area contributed by atoms with Crippen LogP contribution < -0.4 is 10.4 Å². The zero-order chi connectivity index (χ0) is 18.9. The summed E-state index contributed by atoms with van der Waals surface area (Å²) in [5.41, 5.74) is -0.421. The highest BCUT2D eigenvalue weighted by Gasteiger charge is 2.15. The number of hydrogen-bond acceptors (Lipinski definition) is 5. The van der Waals surface area contributed by atoms with Gasteiger partial charge in [-0.3, -0.25) is 4.79 Å². The van der Waals surface area contributed by atoms with Gasteiger partial charge in [0.05, 0.1) is 6.61 Å². The van der Waals surface area contributed by atoms with E-state index >= 15 is 0 Å². The molecule has 2 rings (SSSR count). The van der Waals surface area contributed by atoms with Crippen LogP contribution in [-0.2, 0) is 0 Å². The second kappa shape index (κ2) is 9.61. The molecule has 0 aliphatic heterocycles. The Bertz CT molecular complexity index is 815. The van der Waals surface area contributed by atoms with E-state index in [0.717, 1.165) is 17.7 Å². The van der Waals surface area contributed by atoms with Crippen LogP contribution in [0.2, 0.25) is 0 Å². The first-order chi connectivity index (χ1) is 12.5. The van der Waals surface area contributed by atoms with E-state index in [-0.39, 0.29) is 17.1 Å². The van der Waals surface area contributed by atoms with Crippen molar-refractivity contribution in [3.05, 3.63) is 63.7 Å². The summed E-state index contributed by atoms with van der Waals surface area (Å²) >= 11 is 0. The molecule has 0 saturated heterocycles. The number of benzene rings is 1. The van der Waals surface area contributed by atoms with Gasteiger partial charge in [0.15, 0.2) is 5.78 Å². The standard InChI is InChI=1S/C21H24O5/c1-3-4-5-6-13-25-17-10-7-16(8-11-17)9-12-18(22)20-19(23)14-15(2)26-21(20)24/h7-12,14,23H,3-6,13H2,1-2H3/b12-9+.